The van der Waals surface area contributed by atoms with E-state index < -0.39 is 0 Å². The maximum atomic E-state index is 11.8. The minimum atomic E-state index is -0.321. The van der Waals surface area contributed by atoms with Crippen LogP contribution in [0, 0.1) is 0 Å². The van der Waals surface area contributed by atoms with Crippen molar-refractivity contribution in [1.29, 1.82) is 0 Å². The van der Waals surface area contributed by atoms with Crippen LogP contribution in [-0.2, 0) is 16.0 Å². The number of rotatable bonds is 6. The van der Waals surface area contributed by atoms with Crippen LogP contribution in [0.5, 0.6) is 0 Å². The topological polar surface area (TPSA) is 38.3 Å². The van der Waals surface area contributed by atoms with Gasteiger partial charge in [0.05, 0.1) is 7.11 Å². The summed E-state index contributed by atoms with van der Waals surface area (Å²) in [5, 5.41) is 3.33. The van der Waals surface area contributed by atoms with E-state index in [9.17, 15) is 4.79 Å². The van der Waals surface area contributed by atoms with Crippen molar-refractivity contribution in [2.24, 2.45) is 0 Å². The largest absolute Gasteiger partial charge is 0.468 e. The lowest BCUT2D eigenvalue weighted by Gasteiger charge is -2.16. The van der Waals surface area contributed by atoms with E-state index in [0.717, 1.165) is 31.2 Å². The summed E-state index contributed by atoms with van der Waals surface area (Å²) >= 11 is 0. The summed E-state index contributed by atoms with van der Waals surface area (Å²) < 4.78 is 4.87. The van der Waals surface area contributed by atoms with E-state index in [1.165, 1.54) is 12.7 Å². The van der Waals surface area contributed by atoms with E-state index in [0.29, 0.717) is 6.04 Å². The molecule has 0 radical (unpaired) electrons. The summed E-state index contributed by atoms with van der Waals surface area (Å²) in [6, 6.07) is 8.42. The average molecular weight is 247 g/mol. The SMILES string of the molecule is CCCc1ccc(C(NC2CC2)C(=O)OC)cc1. The first kappa shape index (κ1) is 13.1. The fourth-order valence-corrected chi connectivity index (χ4v) is 2.07. The Morgan fingerprint density at radius 2 is 2.06 bits per heavy atom. The Labute approximate surface area is 109 Å². The molecule has 18 heavy (non-hydrogen) atoms. The van der Waals surface area contributed by atoms with Crippen LogP contribution in [0.3, 0.4) is 0 Å². The van der Waals surface area contributed by atoms with Crippen LogP contribution in [0.1, 0.15) is 43.4 Å². The predicted molar refractivity (Wildman–Crippen MR) is 71.4 cm³/mol. The second-order valence-corrected chi connectivity index (χ2v) is 4.89. The zero-order valence-corrected chi connectivity index (χ0v) is 11.1. The Morgan fingerprint density at radius 1 is 1.39 bits per heavy atom. The number of methoxy groups -OCH3 is 1. The lowest BCUT2D eigenvalue weighted by atomic mass is 10.0. The lowest BCUT2D eigenvalue weighted by molar-refractivity contribution is -0.143. The van der Waals surface area contributed by atoms with Gasteiger partial charge in [-0.3, -0.25) is 5.32 Å². The number of hydrogen-bond acceptors (Lipinski definition) is 3. The first-order valence-corrected chi connectivity index (χ1v) is 6.67. The predicted octanol–water partition coefficient (Wildman–Crippen LogP) is 2.61. The highest BCUT2D eigenvalue weighted by Gasteiger charge is 2.29. The van der Waals surface area contributed by atoms with Crippen molar-refractivity contribution >= 4 is 5.97 Å². The molecule has 1 N–H and O–H groups in total. The summed E-state index contributed by atoms with van der Waals surface area (Å²) in [7, 11) is 1.44. The highest BCUT2D eigenvalue weighted by Crippen LogP contribution is 2.25. The molecule has 1 aromatic rings. The van der Waals surface area contributed by atoms with Gasteiger partial charge in [0.1, 0.15) is 6.04 Å². The number of ether oxygens (including phenoxy) is 1. The highest BCUT2D eigenvalue weighted by atomic mass is 16.5. The maximum absolute atomic E-state index is 11.8. The molecule has 0 saturated heterocycles. The minimum Gasteiger partial charge on any atom is -0.468 e. The number of benzene rings is 1. The molecule has 1 aliphatic carbocycles. The maximum Gasteiger partial charge on any atom is 0.327 e. The molecule has 1 unspecified atom stereocenters. The third kappa shape index (κ3) is 3.33. The Balaban J connectivity index is 2.10. The Morgan fingerprint density at radius 3 is 2.56 bits per heavy atom. The second kappa shape index (κ2) is 6.01. The Bertz CT molecular complexity index is 395. The molecule has 0 spiro atoms. The number of aryl methyl sites for hydroxylation is 1. The third-order valence-electron chi connectivity index (χ3n) is 3.27. The molecule has 0 aromatic heterocycles. The van der Waals surface area contributed by atoms with E-state index in [4.69, 9.17) is 4.74 Å². The molecule has 3 nitrogen and oxygen atoms in total. The number of hydrogen-bond donors (Lipinski definition) is 1. The smallest absolute Gasteiger partial charge is 0.327 e. The molecular formula is C15H21NO2. The Hall–Kier alpha value is -1.35. The van der Waals surface area contributed by atoms with Crippen LogP contribution >= 0.6 is 0 Å². The van der Waals surface area contributed by atoms with Crippen molar-refractivity contribution in [3.05, 3.63) is 35.4 Å². The number of carbonyl (C=O) groups is 1. The van der Waals surface area contributed by atoms with Crippen LogP contribution in [0.25, 0.3) is 0 Å². The molecule has 0 aliphatic heterocycles. The fourth-order valence-electron chi connectivity index (χ4n) is 2.07. The van der Waals surface area contributed by atoms with Gasteiger partial charge >= 0.3 is 5.97 Å². The summed E-state index contributed by atoms with van der Waals surface area (Å²) in [5.74, 6) is -0.204. The molecule has 3 heteroatoms. The van der Waals surface area contributed by atoms with Gasteiger partial charge in [-0.05, 0) is 30.4 Å². The van der Waals surface area contributed by atoms with Gasteiger partial charge in [0.2, 0.25) is 0 Å². The van der Waals surface area contributed by atoms with Crippen LogP contribution in [0.15, 0.2) is 24.3 Å². The van der Waals surface area contributed by atoms with Crippen LogP contribution in [-0.4, -0.2) is 19.1 Å². The fraction of sp³-hybridized carbons (Fsp3) is 0.533. The first-order valence-electron chi connectivity index (χ1n) is 6.67. The van der Waals surface area contributed by atoms with Crippen molar-refractivity contribution in [2.75, 3.05) is 7.11 Å². The summed E-state index contributed by atoms with van der Waals surface area (Å²) in [5.41, 5.74) is 2.31. The van der Waals surface area contributed by atoms with Gasteiger partial charge in [0, 0.05) is 6.04 Å². The van der Waals surface area contributed by atoms with Gasteiger partial charge in [-0.15, -0.1) is 0 Å². The molecule has 0 heterocycles. The van der Waals surface area contributed by atoms with Gasteiger partial charge < -0.3 is 4.74 Å². The van der Waals surface area contributed by atoms with Crippen LogP contribution in [0.4, 0.5) is 0 Å². The monoisotopic (exact) mass is 247 g/mol. The van der Waals surface area contributed by atoms with Crippen LogP contribution in [0.2, 0.25) is 0 Å². The Kier molecular flexibility index (Phi) is 4.37. The van der Waals surface area contributed by atoms with Gasteiger partial charge in [0.15, 0.2) is 0 Å². The normalized spacial score (nSPS) is 16.3. The lowest BCUT2D eigenvalue weighted by Crippen LogP contribution is -2.31. The highest BCUT2D eigenvalue weighted by molar-refractivity contribution is 5.77. The number of carbonyl (C=O) groups excluding carboxylic acids is 1. The van der Waals surface area contributed by atoms with E-state index >= 15 is 0 Å². The van der Waals surface area contributed by atoms with Gasteiger partial charge in [-0.25, -0.2) is 4.79 Å². The summed E-state index contributed by atoms with van der Waals surface area (Å²) in [6.07, 6.45) is 4.53. The van der Waals surface area contributed by atoms with E-state index in [2.05, 4.69) is 24.4 Å². The van der Waals surface area contributed by atoms with Crippen molar-refractivity contribution < 1.29 is 9.53 Å². The molecule has 0 amide bonds. The van der Waals surface area contributed by atoms with E-state index in [1.54, 1.807) is 0 Å². The standard InChI is InChI=1S/C15H21NO2/c1-3-4-11-5-7-12(8-6-11)14(15(17)18-2)16-13-9-10-13/h5-8,13-14,16H,3-4,9-10H2,1-2H3. The van der Waals surface area contributed by atoms with Gasteiger partial charge in [-0.1, -0.05) is 37.6 Å². The minimum absolute atomic E-state index is 0.204. The molecule has 1 saturated carbocycles. The van der Waals surface area contributed by atoms with Crippen molar-refractivity contribution in [3.8, 4) is 0 Å². The molecule has 2 rings (SSSR count). The van der Waals surface area contributed by atoms with Gasteiger partial charge in [-0.2, -0.15) is 0 Å². The number of nitrogens with one attached hydrogen (secondary N) is 1. The zero-order valence-electron chi connectivity index (χ0n) is 11.1. The van der Waals surface area contributed by atoms with E-state index in [1.807, 2.05) is 12.1 Å². The van der Waals surface area contributed by atoms with Crippen LogP contribution < -0.4 is 5.32 Å². The molecule has 1 fully saturated rings. The van der Waals surface area contributed by atoms with E-state index in [-0.39, 0.29) is 12.0 Å². The number of esters is 1. The molecular weight excluding hydrogens is 226 g/mol. The molecule has 1 aliphatic rings. The quantitative estimate of drug-likeness (QED) is 0.785. The molecule has 98 valence electrons. The summed E-state index contributed by atoms with van der Waals surface area (Å²) in [6.45, 7) is 2.17. The van der Waals surface area contributed by atoms with Gasteiger partial charge in [0.25, 0.3) is 0 Å². The van der Waals surface area contributed by atoms with Crippen molar-refractivity contribution in [1.82, 2.24) is 5.32 Å². The average Bonchev–Trinajstić information content (AvgIpc) is 3.21. The summed E-state index contributed by atoms with van der Waals surface area (Å²) in [4.78, 5) is 11.8. The molecule has 0 bridgehead atoms. The second-order valence-electron chi connectivity index (χ2n) is 4.89. The molecule has 1 aromatic carbocycles. The van der Waals surface area contributed by atoms with Crippen molar-refractivity contribution in [2.45, 2.75) is 44.7 Å². The third-order valence-corrected chi connectivity index (χ3v) is 3.27. The zero-order chi connectivity index (χ0) is 13.0. The first-order chi connectivity index (χ1) is 8.74. The molecule has 1 atom stereocenters. The van der Waals surface area contributed by atoms with Crippen molar-refractivity contribution in [3.63, 3.8) is 0 Å².